The van der Waals surface area contributed by atoms with Gasteiger partial charge in [-0.05, 0) is 54.6 Å². The van der Waals surface area contributed by atoms with Gasteiger partial charge in [0.15, 0.2) is 0 Å². The van der Waals surface area contributed by atoms with Gasteiger partial charge in [-0.25, -0.2) is 0 Å². The molecule has 2 rings (SSSR count). The molecule has 0 aliphatic carbocycles. The third kappa shape index (κ3) is 4.13. The number of hydrogen-bond donors (Lipinski definition) is 1. The number of halogens is 1. The van der Waals surface area contributed by atoms with Gasteiger partial charge in [0.25, 0.3) is 0 Å². The van der Waals surface area contributed by atoms with Crippen molar-refractivity contribution in [1.82, 2.24) is 5.32 Å². The van der Waals surface area contributed by atoms with E-state index in [2.05, 4.69) is 32.2 Å². The van der Waals surface area contributed by atoms with Gasteiger partial charge in [0.05, 0.1) is 6.61 Å². The Bertz CT molecular complexity index is 445. The minimum atomic E-state index is 0.639. The van der Waals surface area contributed by atoms with Crippen LogP contribution in [0, 0.1) is 11.8 Å². The van der Waals surface area contributed by atoms with Crippen LogP contribution in [0.25, 0.3) is 0 Å². The molecule has 0 saturated heterocycles. The molecule has 0 saturated carbocycles. The van der Waals surface area contributed by atoms with Crippen molar-refractivity contribution in [3.05, 3.63) is 28.3 Å². The summed E-state index contributed by atoms with van der Waals surface area (Å²) in [5.41, 5.74) is 2.56. The van der Waals surface area contributed by atoms with Crippen LogP contribution in [0.15, 0.2) is 12.1 Å². The maximum Gasteiger partial charge on any atom is 0.125 e. The lowest BCUT2D eigenvalue weighted by Gasteiger charge is -2.18. The monoisotopic (exact) mass is 295 g/mol. The summed E-state index contributed by atoms with van der Waals surface area (Å²) in [5, 5.41) is 4.41. The minimum absolute atomic E-state index is 0.639. The SMILES string of the molecule is CCC(CNCC(C)C)Cc1cc(Cl)cc2c1OCC2. The lowest BCUT2D eigenvalue weighted by Crippen LogP contribution is -2.27. The Morgan fingerprint density at radius 2 is 2.10 bits per heavy atom. The highest BCUT2D eigenvalue weighted by atomic mass is 35.5. The van der Waals surface area contributed by atoms with E-state index < -0.39 is 0 Å². The van der Waals surface area contributed by atoms with Gasteiger partial charge in [0.2, 0.25) is 0 Å². The van der Waals surface area contributed by atoms with Crippen molar-refractivity contribution in [3.63, 3.8) is 0 Å². The molecule has 1 aliphatic rings. The lowest BCUT2D eigenvalue weighted by atomic mass is 9.94. The van der Waals surface area contributed by atoms with E-state index >= 15 is 0 Å². The lowest BCUT2D eigenvalue weighted by molar-refractivity contribution is 0.349. The largest absolute Gasteiger partial charge is 0.493 e. The molecular formula is C17H26ClNO. The topological polar surface area (TPSA) is 21.3 Å². The number of nitrogens with one attached hydrogen (secondary N) is 1. The van der Waals surface area contributed by atoms with Crippen LogP contribution in [0.1, 0.15) is 38.3 Å². The molecule has 0 spiro atoms. The standard InChI is InChI=1S/C17H26ClNO/c1-4-13(11-19-10-12(2)3)7-15-9-16(18)8-14-5-6-20-17(14)15/h8-9,12-13,19H,4-7,10-11H2,1-3H3. The number of rotatable bonds is 7. The van der Waals surface area contributed by atoms with E-state index in [9.17, 15) is 0 Å². The average Bonchev–Trinajstić information content (AvgIpc) is 2.85. The molecule has 1 aromatic carbocycles. The number of ether oxygens (including phenoxy) is 1. The number of benzene rings is 1. The first-order chi connectivity index (χ1) is 9.60. The van der Waals surface area contributed by atoms with Crippen molar-refractivity contribution in [2.24, 2.45) is 11.8 Å². The summed E-state index contributed by atoms with van der Waals surface area (Å²) in [4.78, 5) is 0. The molecule has 0 bridgehead atoms. The fraction of sp³-hybridized carbons (Fsp3) is 0.647. The molecule has 1 unspecified atom stereocenters. The predicted molar refractivity (Wildman–Crippen MR) is 85.8 cm³/mol. The summed E-state index contributed by atoms with van der Waals surface area (Å²) in [5.74, 6) is 2.43. The second kappa shape index (κ2) is 7.33. The van der Waals surface area contributed by atoms with Crippen LogP contribution in [0.2, 0.25) is 5.02 Å². The Labute approximate surface area is 127 Å². The van der Waals surface area contributed by atoms with Crippen LogP contribution in [0.3, 0.4) is 0 Å². The average molecular weight is 296 g/mol. The van der Waals surface area contributed by atoms with Crippen molar-refractivity contribution in [1.29, 1.82) is 0 Å². The maximum atomic E-state index is 6.23. The number of fused-ring (bicyclic) bond motifs is 1. The summed E-state index contributed by atoms with van der Waals surface area (Å²) >= 11 is 6.23. The third-order valence-corrected chi connectivity index (χ3v) is 4.12. The molecule has 2 nitrogen and oxygen atoms in total. The first kappa shape index (κ1) is 15.7. The van der Waals surface area contributed by atoms with Crippen molar-refractivity contribution in [2.75, 3.05) is 19.7 Å². The first-order valence-corrected chi connectivity index (χ1v) is 8.12. The molecule has 112 valence electrons. The van der Waals surface area contributed by atoms with Crippen molar-refractivity contribution in [2.45, 2.75) is 40.0 Å². The van der Waals surface area contributed by atoms with Crippen LogP contribution in [-0.2, 0) is 12.8 Å². The highest BCUT2D eigenvalue weighted by Gasteiger charge is 2.19. The molecule has 0 radical (unpaired) electrons. The van der Waals surface area contributed by atoms with Gasteiger partial charge >= 0.3 is 0 Å². The Kier molecular flexibility index (Phi) is 5.74. The van der Waals surface area contributed by atoms with Crippen LogP contribution in [0.5, 0.6) is 5.75 Å². The molecule has 1 heterocycles. The molecule has 1 aliphatic heterocycles. The van der Waals surface area contributed by atoms with Gasteiger partial charge in [-0.2, -0.15) is 0 Å². The molecule has 1 N–H and O–H groups in total. The zero-order chi connectivity index (χ0) is 14.5. The van der Waals surface area contributed by atoms with E-state index in [-0.39, 0.29) is 0 Å². The molecule has 0 amide bonds. The quantitative estimate of drug-likeness (QED) is 0.818. The van der Waals surface area contributed by atoms with E-state index in [0.717, 1.165) is 43.3 Å². The minimum Gasteiger partial charge on any atom is -0.493 e. The third-order valence-electron chi connectivity index (χ3n) is 3.90. The molecule has 20 heavy (non-hydrogen) atoms. The van der Waals surface area contributed by atoms with Crippen LogP contribution < -0.4 is 10.1 Å². The Morgan fingerprint density at radius 3 is 2.80 bits per heavy atom. The van der Waals surface area contributed by atoms with Gasteiger partial charge < -0.3 is 10.1 Å². The second-order valence-corrected chi connectivity index (χ2v) is 6.62. The molecule has 1 aromatic rings. The highest BCUT2D eigenvalue weighted by Crippen LogP contribution is 2.34. The van der Waals surface area contributed by atoms with E-state index in [1.807, 2.05) is 6.07 Å². The summed E-state index contributed by atoms with van der Waals surface area (Å²) in [6.45, 7) is 9.69. The van der Waals surface area contributed by atoms with E-state index in [1.165, 1.54) is 17.5 Å². The first-order valence-electron chi connectivity index (χ1n) is 7.75. The Balaban J connectivity index is 2.00. The highest BCUT2D eigenvalue weighted by molar-refractivity contribution is 6.30. The van der Waals surface area contributed by atoms with Crippen LogP contribution in [-0.4, -0.2) is 19.7 Å². The molecule has 0 aromatic heterocycles. The second-order valence-electron chi connectivity index (χ2n) is 6.18. The fourth-order valence-electron chi connectivity index (χ4n) is 2.75. The zero-order valence-electron chi connectivity index (χ0n) is 12.8. The fourth-order valence-corrected chi connectivity index (χ4v) is 3.01. The maximum absolute atomic E-state index is 6.23. The molecule has 3 heteroatoms. The zero-order valence-corrected chi connectivity index (χ0v) is 13.6. The summed E-state index contributed by atoms with van der Waals surface area (Å²) in [6.07, 6.45) is 3.21. The molecule has 0 fully saturated rings. The van der Waals surface area contributed by atoms with Gasteiger partial charge in [0.1, 0.15) is 5.75 Å². The number of hydrogen-bond acceptors (Lipinski definition) is 2. The van der Waals surface area contributed by atoms with Gasteiger partial charge in [-0.15, -0.1) is 0 Å². The van der Waals surface area contributed by atoms with Crippen LogP contribution >= 0.6 is 11.6 Å². The van der Waals surface area contributed by atoms with Gasteiger partial charge in [0, 0.05) is 11.4 Å². The summed E-state index contributed by atoms with van der Waals surface area (Å²) in [7, 11) is 0. The summed E-state index contributed by atoms with van der Waals surface area (Å²) < 4.78 is 5.79. The van der Waals surface area contributed by atoms with E-state index in [0.29, 0.717) is 11.8 Å². The normalized spacial score (nSPS) is 15.2. The van der Waals surface area contributed by atoms with Gasteiger partial charge in [-0.3, -0.25) is 0 Å². The van der Waals surface area contributed by atoms with Crippen molar-refractivity contribution >= 4 is 11.6 Å². The van der Waals surface area contributed by atoms with E-state index in [4.69, 9.17) is 16.3 Å². The molecular weight excluding hydrogens is 270 g/mol. The summed E-state index contributed by atoms with van der Waals surface area (Å²) in [6, 6.07) is 4.13. The van der Waals surface area contributed by atoms with Crippen LogP contribution in [0.4, 0.5) is 0 Å². The Morgan fingerprint density at radius 1 is 1.30 bits per heavy atom. The van der Waals surface area contributed by atoms with Crippen molar-refractivity contribution in [3.8, 4) is 5.75 Å². The van der Waals surface area contributed by atoms with Crippen molar-refractivity contribution < 1.29 is 4.74 Å². The van der Waals surface area contributed by atoms with E-state index in [1.54, 1.807) is 0 Å². The predicted octanol–water partition coefficient (Wildman–Crippen LogP) is 4.09. The van der Waals surface area contributed by atoms with Gasteiger partial charge in [-0.1, -0.05) is 38.8 Å². The Hall–Kier alpha value is -0.730. The molecule has 1 atom stereocenters. The smallest absolute Gasteiger partial charge is 0.125 e.